The summed E-state index contributed by atoms with van der Waals surface area (Å²) in [6.45, 7) is 4.68. The molecule has 0 radical (unpaired) electrons. The molecular weight excluding hydrogens is 570 g/mol. The fourth-order valence-corrected chi connectivity index (χ4v) is 5.53. The molecule has 1 fully saturated rings. The summed E-state index contributed by atoms with van der Waals surface area (Å²) >= 11 is 0. The Bertz CT molecular complexity index is 1350. The molecule has 9 heteroatoms. The Hall–Kier alpha value is -3.60. The molecular formula is C36H47N3O6. The lowest BCUT2D eigenvalue weighted by atomic mass is 9.98. The number of benzene rings is 3. The van der Waals surface area contributed by atoms with Crippen molar-refractivity contribution in [2.75, 3.05) is 25.5 Å². The van der Waals surface area contributed by atoms with Crippen molar-refractivity contribution in [2.45, 2.75) is 83.2 Å². The van der Waals surface area contributed by atoms with Gasteiger partial charge in [0.05, 0.1) is 24.9 Å². The Morgan fingerprint density at radius 3 is 2.42 bits per heavy atom. The van der Waals surface area contributed by atoms with E-state index in [1.807, 2.05) is 92.8 Å². The number of aliphatic hydroxyl groups is 2. The third-order valence-corrected chi connectivity index (χ3v) is 8.30. The number of nitrogens with zero attached hydrogens (tertiary/aromatic N) is 1. The van der Waals surface area contributed by atoms with Gasteiger partial charge < -0.3 is 30.3 Å². The van der Waals surface area contributed by atoms with E-state index >= 15 is 0 Å². The smallest absolute Gasteiger partial charge is 0.224 e. The van der Waals surface area contributed by atoms with Crippen LogP contribution in [-0.4, -0.2) is 59.2 Å². The highest BCUT2D eigenvalue weighted by Gasteiger charge is 2.34. The maximum Gasteiger partial charge on any atom is 0.224 e. The lowest BCUT2D eigenvalue weighted by Crippen LogP contribution is -2.43. The van der Waals surface area contributed by atoms with Crippen LogP contribution in [0.5, 0.6) is 0 Å². The van der Waals surface area contributed by atoms with E-state index in [9.17, 15) is 19.8 Å². The van der Waals surface area contributed by atoms with E-state index in [1.54, 1.807) is 0 Å². The maximum atomic E-state index is 12.6. The van der Waals surface area contributed by atoms with Crippen LogP contribution in [0.25, 0.3) is 0 Å². The predicted molar refractivity (Wildman–Crippen MR) is 174 cm³/mol. The molecule has 5 atom stereocenters. The van der Waals surface area contributed by atoms with Crippen LogP contribution in [0.15, 0.2) is 78.9 Å². The number of nitrogens with one attached hydrogen (secondary N) is 2. The van der Waals surface area contributed by atoms with Gasteiger partial charge in [0.25, 0.3) is 0 Å². The molecule has 45 heavy (non-hydrogen) atoms. The number of amides is 2. The van der Waals surface area contributed by atoms with Crippen LogP contribution in [0.2, 0.25) is 0 Å². The standard InChI is InChI=1S/C36H47N3O6/c1-25(35(43)29-11-6-4-7-12-29)39(3)23-32-22-33(28-18-16-27(24-40)17-19-28)45-36(44-32)30-13-10-14-31(21-30)38-34(42)15-8-5-9-20-37-26(2)41/h4,6-7,10-14,16-19,21,25,32-33,35-36,40,43H,5,8-9,15,20,22-24H2,1-3H3,(H,37,41)(H,38,42)/t25-,32+,33-,35-,36-/m1/s1. The number of aliphatic hydroxyl groups excluding tert-OH is 2. The molecule has 4 rings (SSSR count). The van der Waals surface area contributed by atoms with Crippen LogP contribution in [0, 0.1) is 0 Å². The number of anilines is 1. The van der Waals surface area contributed by atoms with Crippen LogP contribution in [0.1, 0.15) is 86.7 Å². The molecule has 0 aromatic heterocycles. The number of rotatable bonds is 15. The van der Waals surface area contributed by atoms with Crippen molar-refractivity contribution >= 4 is 17.5 Å². The van der Waals surface area contributed by atoms with Gasteiger partial charge in [-0.3, -0.25) is 14.5 Å². The number of hydrogen-bond donors (Lipinski definition) is 4. The van der Waals surface area contributed by atoms with E-state index in [0.29, 0.717) is 31.6 Å². The topological polar surface area (TPSA) is 120 Å². The second-order valence-electron chi connectivity index (χ2n) is 11.9. The van der Waals surface area contributed by atoms with Crippen LogP contribution < -0.4 is 10.6 Å². The molecule has 1 saturated heterocycles. The van der Waals surface area contributed by atoms with Gasteiger partial charge in [-0.2, -0.15) is 0 Å². The first-order valence-electron chi connectivity index (χ1n) is 15.8. The Morgan fingerprint density at radius 2 is 1.71 bits per heavy atom. The molecule has 9 nitrogen and oxygen atoms in total. The van der Waals surface area contributed by atoms with Crippen molar-refractivity contribution in [3.05, 3.63) is 101 Å². The molecule has 4 N–H and O–H groups in total. The zero-order chi connectivity index (χ0) is 32.2. The lowest BCUT2D eigenvalue weighted by Gasteiger charge is -2.39. The summed E-state index contributed by atoms with van der Waals surface area (Å²) in [7, 11) is 1.99. The first-order valence-corrected chi connectivity index (χ1v) is 15.8. The molecule has 0 unspecified atom stereocenters. The minimum atomic E-state index is -0.667. The Morgan fingerprint density at radius 1 is 0.956 bits per heavy atom. The molecule has 0 spiro atoms. The van der Waals surface area contributed by atoms with Gasteiger partial charge in [0.2, 0.25) is 11.8 Å². The van der Waals surface area contributed by atoms with Crippen molar-refractivity contribution in [1.82, 2.24) is 10.2 Å². The van der Waals surface area contributed by atoms with Gasteiger partial charge >= 0.3 is 0 Å². The number of carbonyl (C=O) groups excluding carboxylic acids is 2. The number of carbonyl (C=O) groups is 2. The van der Waals surface area contributed by atoms with Crippen molar-refractivity contribution in [1.29, 1.82) is 0 Å². The highest BCUT2D eigenvalue weighted by Crippen LogP contribution is 2.39. The largest absolute Gasteiger partial charge is 0.392 e. The van der Waals surface area contributed by atoms with Gasteiger partial charge in [-0.1, -0.05) is 73.2 Å². The van der Waals surface area contributed by atoms with Gasteiger partial charge in [-0.05, 0) is 55.6 Å². The molecule has 0 saturated carbocycles. The number of ether oxygens (including phenoxy) is 2. The third kappa shape index (κ3) is 10.5. The third-order valence-electron chi connectivity index (χ3n) is 8.30. The SMILES string of the molecule is CC(=O)NCCCCCC(=O)Nc1cccc([C@@H]2O[C@H](CN(C)[C@H](C)[C@@H](O)c3ccccc3)C[C@H](c3ccc(CO)cc3)O2)c1. The van der Waals surface area contributed by atoms with Gasteiger partial charge in [0.1, 0.15) is 0 Å². The minimum Gasteiger partial charge on any atom is -0.392 e. The Balaban J connectivity index is 1.43. The minimum absolute atomic E-state index is 0.0256. The van der Waals surface area contributed by atoms with E-state index in [0.717, 1.165) is 41.5 Å². The quantitative estimate of drug-likeness (QED) is 0.168. The van der Waals surface area contributed by atoms with Crippen molar-refractivity contribution in [2.24, 2.45) is 0 Å². The molecule has 3 aromatic rings. The van der Waals surface area contributed by atoms with Crippen molar-refractivity contribution in [3.63, 3.8) is 0 Å². The average Bonchev–Trinajstić information content (AvgIpc) is 3.06. The maximum absolute atomic E-state index is 12.6. The first kappa shape index (κ1) is 34.3. The normalized spacial score (nSPS) is 19.6. The summed E-state index contributed by atoms with van der Waals surface area (Å²) < 4.78 is 13.0. The number of unbranched alkanes of at least 4 members (excludes halogenated alkanes) is 2. The summed E-state index contributed by atoms with van der Waals surface area (Å²) in [4.78, 5) is 25.7. The molecule has 0 bridgehead atoms. The van der Waals surface area contributed by atoms with Gasteiger partial charge in [-0.15, -0.1) is 0 Å². The molecule has 242 valence electrons. The monoisotopic (exact) mass is 617 g/mol. The van der Waals surface area contributed by atoms with Crippen molar-refractivity contribution < 1.29 is 29.3 Å². The zero-order valence-corrected chi connectivity index (χ0v) is 26.5. The summed E-state index contributed by atoms with van der Waals surface area (Å²) in [5.74, 6) is -0.108. The second kappa shape index (κ2) is 17.2. The molecule has 3 aromatic carbocycles. The molecule has 1 aliphatic rings. The van der Waals surface area contributed by atoms with Crippen LogP contribution in [-0.2, 0) is 25.7 Å². The van der Waals surface area contributed by atoms with Crippen LogP contribution in [0.3, 0.4) is 0 Å². The molecule has 1 aliphatic heterocycles. The van der Waals surface area contributed by atoms with E-state index in [-0.39, 0.29) is 36.7 Å². The van der Waals surface area contributed by atoms with E-state index in [4.69, 9.17) is 9.47 Å². The first-order chi connectivity index (χ1) is 21.7. The van der Waals surface area contributed by atoms with Crippen LogP contribution in [0.4, 0.5) is 5.69 Å². The van der Waals surface area contributed by atoms with E-state index in [2.05, 4.69) is 15.5 Å². The van der Waals surface area contributed by atoms with Gasteiger partial charge in [0.15, 0.2) is 6.29 Å². The zero-order valence-electron chi connectivity index (χ0n) is 26.5. The number of hydrogen-bond acceptors (Lipinski definition) is 7. The number of likely N-dealkylation sites (N-methyl/N-ethyl adjacent to an activating group) is 1. The van der Waals surface area contributed by atoms with Gasteiger partial charge in [-0.25, -0.2) is 0 Å². The lowest BCUT2D eigenvalue weighted by molar-refractivity contribution is -0.253. The predicted octanol–water partition coefficient (Wildman–Crippen LogP) is 5.41. The van der Waals surface area contributed by atoms with E-state index in [1.165, 1.54) is 6.92 Å². The summed E-state index contributed by atoms with van der Waals surface area (Å²) in [5, 5.41) is 26.3. The summed E-state index contributed by atoms with van der Waals surface area (Å²) in [6.07, 6.45) is 1.68. The molecule has 0 aliphatic carbocycles. The van der Waals surface area contributed by atoms with Crippen molar-refractivity contribution in [3.8, 4) is 0 Å². The second-order valence-corrected chi connectivity index (χ2v) is 11.9. The summed E-state index contributed by atoms with van der Waals surface area (Å²) in [5.41, 5.74) is 4.16. The van der Waals surface area contributed by atoms with E-state index < -0.39 is 12.4 Å². The average molecular weight is 618 g/mol. The molecule has 1 heterocycles. The Labute approximate surface area is 266 Å². The highest BCUT2D eigenvalue weighted by atomic mass is 16.7. The fourth-order valence-electron chi connectivity index (χ4n) is 5.53. The van der Waals surface area contributed by atoms with Crippen LogP contribution >= 0.6 is 0 Å². The van der Waals surface area contributed by atoms with Gasteiger partial charge in [0, 0.05) is 50.1 Å². The fraction of sp³-hybridized carbons (Fsp3) is 0.444. The molecule has 2 amide bonds. The Kier molecular flexibility index (Phi) is 13.1. The summed E-state index contributed by atoms with van der Waals surface area (Å²) in [6, 6.07) is 24.8. The highest BCUT2D eigenvalue weighted by molar-refractivity contribution is 5.90.